The van der Waals surface area contributed by atoms with Gasteiger partial charge in [0.25, 0.3) is 0 Å². The predicted octanol–water partition coefficient (Wildman–Crippen LogP) is 1.72. The van der Waals surface area contributed by atoms with Crippen LogP contribution in [0, 0.1) is 6.92 Å². The average Bonchev–Trinajstić information content (AvgIpc) is 2.92. The number of benzene rings is 1. The number of carbonyl (C=O) groups excluding carboxylic acids is 2. The van der Waals surface area contributed by atoms with E-state index in [4.69, 9.17) is 4.52 Å². The molecule has 1 heterocycles. The topological polar surface area (TPSA) is 104 Å². The number of hydrogen-bond donors (Lipinski definition) is 3. The molecule has 0 unspecified atom stereocenters. The van der Waals surface area contributed by atoms with Crippen LogP contribution in [0.15, 0.2) is 34.9 Å². The van der Waals surface area contributed by atoms with Gasteiger partial charge in [-0.25, -0.2) is 0 Å². The summed E-state index contributed by atoms with van der Waals surface area (Å²) in [6.45, 7) is 2.21. The second-order valence-electron chi connectivity index (χ2n) is 5.13. The van der Waals surface area contributed by atoms with Crippen LogP contribution in [0.1, 0.15) is 11.3 Å². The van der Waals surface area contributed by atoms with E-state index in [-0.39, 0.29) is 29.1 Å². The molecule has 0 saturated heterocycles. The smallest absolute Gasteiger partial charge is 0.235 e. The number of nitrogens with one attached hydrogen (secondary N) is 2. The van der Waals surface area contributed by atoms with Crippen molar-refractivity contribution < 1.29 is 19.2 Å². The molecule has 0 radical (unpaired) electrons. The Morgan fingerprint density at radius 2 is 2.04 bits per heavy atom. The Balaban J connectivity index is 1.58. The summed E-state index contributed by atoms with van der Waals surface area (Å²) in [4.78, 5) is 23.4. The second kappa shape index (κ2) is 8.97. The van der Waals surface area contributed by atoms with E-state index in [1.165, 1.54) is 11.8 Å². The lowest BCUT2D eigenvalue weighted by atomic mass is 10.1. The molecule has 0 atom stereocenters. The predicted molar refractivity (Wildman–Crippen MR) is 92.0 cm³/mol. The third kappa shape index (κ3) is 6.33. The number of hydrogen-bond acceptors (Lipinski definition) is 6. The molecule has 3 N–H and O–H groups in total. The van der Waals surface area contributed by atoms with Gasteiger partial charge in [0.15, 0.2) is 5.82 Å². The van der Waals surface area contributed by atoms with E-state index in [1.807, 2.05) is 6.07 Å². The molecule has 1 aromatic heterocycles. The highest BCUT2D eigenvalue weighted by molar-refractivity contribution is 8.00. The highest BCUT2D eigenvalue weighted by Crippen LogP contribution is 2.11. The van der Waals surface area contributed by atoms with Crippen LogP contribution >= 0.6 is 11.8 Å². The maximum atomic E-state index is 11.7. The third-order valence-corrected chi connectivity index (χ3v) is 3.94. The molecule has 0 fully saturated rings. The number of aromatic nitrogens is 1. The van der Waals surface area contributed by atoms with Crippen molar-refractivity contribution >= 4 is 29.4 Å². The van der Waals surface area contributed by atoms with Crippen molar-refractivity contribution in [3.63, 3.8) is 0 Å². The fourth-order valence-electron chi connectivity index (χ4n) is 1.95. The molecule has 0 bridgehead atoms. The van der Waals surface area contributed by atoms with E-state index in [0.29, 0.717) is 24.5 Å². The van der Waals surface area contributed by atoms with Crippen LogP contribution in [0.5, 0.6) is 5.75 Å². The minimum Gasteiger partial charge on any atom is -0.508 e. The number of thioether (sulfide) groups is 1. The van der Waals surface area contributed by atoms with Crippen LogP contribution in [0.4, 0.5) is 5.82 Å². The average molecular weight is 349 g/mol. The summed E-state index contributed by atoms with van der Waals surface area (Å²) in [5.41, 5.74) is 0.949. The molecule has 0 aliphatic heterocycles. The van der Waals surface area contributed by atoms with E-state index >= 15 is 0 Å². The Morgan fingerprint density at radius 1 is 1.25 bits per heavy atom. The van der Waals surface area contributed by atoms with Gasteiger partial charge in [-0.05, 0) is 31.0 Å². The molecule has 2 amide bonds. The zero-order valence-electron chi connectivity index (χ0n) is 13.2. The Hall–Kier alpha value is -2.48. The zero-order chi connectivity index (χ0) is 17.4. The molecule has 128 valence electrons. The SMILES string of the molecule is Cc1cc(NC(=O)CSCC(=O)NCCc2cccc(O)c2)no1. The number of amides is 2. The molecule has 7 nitrogen and oxygen atoms in total. The van der Waals surface area contributed by atoms with Crippen molar-refractivity contribution in [3.05, 3.63) is 41.7 Å². The maximum Gasteiger partial charge on any atom is 0.235 e. The van der Waals surface area contributed by atoms with Crippen LogP contribution in [0.25, 0.3) is 0 Å². The number of carbonyl (C=O) groups is 2. The summed E-state index contributed by atoms with van der Waals surface area (Å²) >= 11 is 1.22. The minimum atomic E-state index is -0.235. The van der Waals surface area contributed by atoms with Gasteiger partial charge in [0, 0.05) is 12.6 Å². The fourth-order valence-corrected chi connectivity index (χ4v) is 2.60. The van der Waals surface area contributed by atoms with Gasteiger partial charge in [-0.3, -0.25) is 9.59 Å². The van der Waals surface area contributed by atoms with E-state index < -0.39 is 0 Å². The van der Waals surface area contributed by atoms with Crippen LogP contribution in [-0.4, -0.2) is 40.1 Å². The highest BCUT2D eigenvalue weighted by atomic mass is 32.2. The van der Waals surface area contributed by atoms with Crippen molar-refractivity contribution in [1.29, 1.82) is 0 Å². The molecule has 0 saturated carbocycles. The maximum absolute atomic E-state index is 11.7. The second-order valence-corrected chi connectivity index (χ2v) is 6.12. The summed E-state index contributed by atoms with van der Waals surface area (Å²) in [5, 5.41) is 18.4. The molecule has 8 heteroatoms. The van der Waals surface area contributed by atoms with Crippen molar-refractivity contribution in [2.75, 3.05) is 23.4 Å². The van der Waals surface area contributed by atoms with Gasteiger partial charge in [-0.2, -0.15) is 0 Å². The Labute approximate surface area is 143 Å². The van der Waals surface area contributed by atoms with Crippen molar-refractivity contribution in [2.24, 2.45) is 0 Å². The largest absolute Gasteiger partial charge is 0.508 e. The standard InChI is InChI=1S/C16H19N3O4S/c1-11-7-14(19-23-11)18-16(22)10-24-9-15(21)17-6-5-12-3-2-4-13(20)8-12/h2-4,7-8,20H,5-6,9-10H2,1H3,(H,17,21)(H,18,19,22). The number of phenols is 1. The van der Waals surface area contributed by atoms with Gasteiger partial charge in [0.05, 0.1) is 11.5 Å². The number of nitrogens with zero attached hydrogens (tertiary/aromatic N) is 1. The molecule has 0 aliphatic rings. The molecule has 24 heavy (non-hydrogen) atoms. The molecule has 2 rings (SSSR count). The quantitative estimate of drug-likeness (QED) is 0.670. The first-order valence-corrected chi connectivity index (χ1v) is 8.54. The zero-order valence-corrected chi connectivity index (χ0v) is 14.1. The molecule has 0 aliphatic carbocycles. The third-order valence-electron chi connectivity index (χ3n) is 3.01. The number of aromatic hydroxyl groups is 1. The van der Waals surface area contributed by atoms with Gasteiger partial charge in [0.1, 0.15) is 11.5 Å². The molecular weight excluding hydrogens is 330 g/mol. The first-order chi connectivity index (χ1) is 11.5. The molecule has 2 aromatic rings. The lowest BCUT2D eigenvalue weighted by Gasteiger charge is -2.06. The molecule has 1 aromatic carbocycles. The van der Waals surface area contributed by atoms with Gasteiger partial charge in [-0.1, -0.05) is 17.3 Å². The van der Waals surface area contributed by atoms with E-state index in [2.05, 4.69) is 15.8 Å². The number of aryl methyl sites for hydroxylation is 1. The normalized spacial score (nSPS) is 10.4. The summed E-state index contributed by atoms with van der Waals surface area (Å²) in [5.74, 6) is 1.18. The van der Waals surface area contributed by atoms with Gasteiger partial charge >= 0.3 is 0 Å². The Morgan fingerprint density at radius 3 is 2.75 bits per heavy atom. The van der Waals surface area contributed by atoms with Gasteiger partial charge < -0.3 is 20.3 Å². The molecule has 0 spiro atoms. The minimum absolute atomic E-state index is 0.134. The number of rotatable bonds is 8. The van der Waals surface area contributed by atoms with Crippen molar-refractivity contribution in [2.45, 2.75) is 13.3 Å². The van der Waals surface area contributed by atoms with Crippen LogP contribution in [0.2, 0.25) is 0 Å². The van der Waals surface area contributed by atoms with Gasteiger partial charge in [-0.15, -0.1) is 11.8 Å². The van der Waals surface area contributed by atoms with Crippen LogP contribution in [0.3, 0.4) is 0 Å². The first kappa shape index (κ1) is 17.9. The van der Waals surface area contributed by atoms with Gasteiger partial charge in [0.2, 0.25) is 11.8 Å². The number of anilines is 1. The van der Waals surface area contributed by atoms with E-state index in [0.717, 1.165) is 5.56 Å². The monoisotopic (exact) mass is 349 g/mol. The van der Waals surface area contributed by atoms with Crippen LogP contribution < -0.4 is 10.6 Å². The van der Waals surface area contributed by atoms with E-state index in [1.54, 1.807) is 31.2 Å². The number of phenolic OH excluding ortho intramolecular Hbond substituents is 1. The summed E-state index contributed by atoms with van der Waals surface area (Å²) < 4.78 is 4.84. The van der Waals surface area contributed by atoms with Crippen molar-refractivity contribution in [3.8, 4) is 5.75 Å². The fraction of sp³-hybridized carbons (Fsp3) is 0.312. The lowest BCUT2D eigenvalue weighted by molar-refractivity contribution is -0.118. The van der Waals surface area contributed by atoms with E-state index in [9.17, 15) is 14.7 Å². The Bertz CT molecular complexity index is 702. The van der Waals surface area contributed by atoms with Crippen LogP contribution in [-0.2, 0) is 16.0 Å². The Kier molecular flexibility index (Phi) is 6.68. The highest BCUT2D eigenvalue weighted by Gasteiger charge is 2.08. The summed E-state index contributed by atoms with van der Waals surface area (Å²) in [6.07, 6.45) is 0.636. The summed E-state index contributed by atoms with van der Waals surface area (Å²) in [7, 11) is 0. The summed E-state index contributed by atoms with van der Waals surface area (Å²) in [6, 6.07) is 8.53. The molecular formula is C16H19N3O4S. The van der Waals surface area contributed by atoms with Crippen molar-refractivity contribution in [1.82, 2.24) is 10.5 Å². The first-order valence-electron chi connectivity index (χ1n) is 7.38. The lowest BCUT2D eigenvalue weighted by Crippen LogP contribution is -2.28.